The maximum atomic E-state index is 14.2. The zero-order valence-corrected chi connectivity index (χ0v) is 18.2. The lowest BCUT2D eigenvalue weighted by Gasteiger charge is -2.16. The van der Waals surface area contributed by atoms with Crippen LogP contribution in [0.3, 0.4) is 0 Å². The maximum absolute atomic E-state index is 14.2. The Morgan fingerprint density at radius 3 is 2.66 bits per heavy atom. The lowest BCUT2D eigenvalue weighted by molar-refractivity contribution is 0.0977. The molecule has 10 nitrogen and oxygen atoms in total. The van der Waals surface area contributed by atoms with Crippen molar-refractivity contribution in [3.8, 4) is 0 Å². The minimum Gasteiger partial charge on any atom is -0.453 e. The molecule has 0 bridgehead atoms. The summed E-state index contributed by atoms with van der Waals surface area (Å²) in [5.74, 6) is -3.66. The number of sulfonamides is 1. The van der Waals surface area contributed by atoms with Crippen molar-refractivity contribution in [3.63, 3.8) is 0 Å². The second-order valence-electron chi connectivity index (χ2n) is 6.49. The summed E-state index contributed by atoms with van der Waals surface area (Å²) in [6, 6.07) is 3.35. The number of methoxy groups -OCH3 is 1. The Kier molecular flexibility index (Phi) is 6.93. The van der Waals surface area contributed by atoms with E-state index in [9.17, 15) is 31.6 Å². The quantitative estimate of drug-likeness (QED) is 0.542. The number of rotatable bonds is 7. The number of carbonyl (C=O) groups is 3. The van der Waals surface area contributed by atoms with Crippen molar-refractivity contribution in [2.24, 2.45) is 0 Å². The number of hydrogen-bond donors (Lipinski definition) is 3. The van der Waals surface area contributed by atoms with E-state index in [0.717, 1.165) is 22.3 Å². The first-order valence-corrected chi connectivity index (χ1v) is 11.4. The molecule has 2 heterocycles. The molecule has 14 heteroatoms. The molecule has 1 aliphatic rings. The van der Waals surface area contributed by atoms with Crippen LogP contribution in [-0.2, 0) is 21.2 Å². The molecule has 0 aliphatic carbocycles. The molecule has 172 valence electrons. The third kappa shape index (κ3) is 5.13. The largest absolute Gasteiger partial charge is 0.453 e. The number of nitrogens with zero attached hydrogens (tertiary/aromatic N) is 1. The molecule has 1 saturated heterocycles. The molecular weight excluding hydrogens is 470 g/mol. The number of anilines is 1. The fourth-order valence-electron chi connectivity index (χ4n) is 2.84. The highest BCUT2D eigenvalue weighted by Crippen LogP contribution is 2.26. The third-order valence-electron chi connectivity index (χ3n) is 4.38. The molecule has 1 aliphatic heterocycles. The Labute approximate surface area is 185 Å². The monoisotopic (exact) mass is 488 g/mol. The average molecular weight is 488 g/mol. The highest BCUT2D eigenvalue weighted by molar-refractivity contribution is 7.92. The lowest BCUT2D eigenvalue weighted by atomic mass is 10.1. The van der Waals surface area contributed by atoms with Crippen molar-refractivity contribution in [1.29, 1.82) is 0 Å². The van der Waals surface area contributed by atoms with E-state index in [1.807, 2.05) is 0 Å². The molecule has 0 radical (unpaired) electrons. The van der Waals surface area contributed by atoms with Gasteiger partial charge < -0.3 is 15.4 Å². The third-order valence-corrected chi connectivity index (χ3v) is 7.35. The van der Waals surface area contributed by atoms with Crippen molar-refractivity contribution < 1.29 is 36.3 Å². The van der Waals surface area contributed by atoms with Crippen LogP contribution in [0.1, 0.15) is 15.2 Å². The van der Waals surface area contributed by atoms with E-state index in [4.69, 9.17) is 0 Å². The summed E-state index contributed by atoms with van der Waals surface area (Å²) in [5, 5.41) is 4.89. The van der Waals surface area contributed by atoms with Gasteiger partial charge in [0.2, 0.25) is 0 Å². The number of thiophene rings is 1. The molecule has 0 saturated carbocycles. The van der Waals surface area contributed by atoms with E-state index in [0.29, 0.717) is 17.4 Å². The van der Waals surface area contributed by atoms with Crippen LogP contribution in [0.5, 0.6) is 0 Å². The molecule has 2 aromatic rings. The molecule has 0 spiro atoms. The van der Waals surface area contributed by atoms with Gasteiger partial charge in [-0.1, -0.05) is 0 Å². The number of ether oxygens (including phenoxy) is 1. The first kappa shape index (κ1) is 23.4. The normalized spacial score (nSPS) is 13.6. The van der Waals surface area contributed by atoms with Crippen LogP contribution >= 0.6 is 11.3 Å². The number of carbonyl (C=O) groups excluding carboxylic acids is 3. The van der Waals surface area contributed by atoms with Gasteiger partial charge >= 0.3 is 12.1 Å². The van der Waals surface area contributed by atoms with Crippen LogP contribution in [0.4, 0.5) is 24.1 Å². The molecule has 4 amide bonds. The Morgan fingerprint density at radius 1 is 1.25 bits per heavy atom. The molecule has 32 heavy (non-hydrogen) atoms. The zero-order valence-electron chi connectivity index (χ0n) is 16.6. The van der Waals surface area contributed by atoms with Crippen LogP contribution in [0.25, 0.3) is 0 Å². The van der Waals surface area contributed by atoms with Crippen LogP contribution in [-0.4, -0.2) is 53.2 Å². The minimum absolute atomic E-state index is 0.101. The molecule has 1 aromatic heterocycles. The van der Waals surface area contributed by atoms with Gasteiger partial charge in [-0.3, -0.25) is 9.69 Å². The van der Waals surface area contributed by atoms with Crippen molar-refractivity contribution in [2.75, 3.05) is 31.6 Å². The number of amides is 4. The molecule has 1 aromatic carbocycles. The summed E-state index contributed by atoms with van der Waals surface area (Å²) in [7, 11) is -3.14. The molecule has 1 fully saturated rings. The van der Waals surface area contributed by atoms with E-state index in [1.54, 1.807) is 4.72 Å². The molecule has 0 unspecified atom stereocenters. The number of halogens is 2. The summed E-state index contributed by atoms with van der Waals surface area (Å²) in [4.78, 5) is 36.9. The van der Waals surface area contributed by atoms with E-state index >= 15 is 0 Å². The first-order valence-electron chi connectivity index (χ1n) is 9.14. The Bertz CT molecular complexity index is 1170. The average Bonchev–Trinajstić information content (AvgIpc) is 3.37. The minimum atomic E-state index is -4.35. The van der Waals surface area contributed by atoms with E-state index in [1.165, 1.54) is 19.2 Å². The fourth-order valence-corrected chi connectivity index (χ4v) is 5.17. The Hall–Kier alpha value is -3.26. The summed E-state index contributed by atoms with van der Waals surface area (Å²) < 4.78 is 59.4. The van der Waals surface area contributed by atoms with Gasteiger partial charge in [-0.2, -0.15) is 0 Å². The summed E-state index contributed by atoms with van der Waals surface area (Å²) >= 11 is 0.857. The van der Waals surface area contributed by atoms with Crippen LogP contribution in [0, 0.1) is 11.6 Å². The van der Waals surface area contributed by atoms with Gasteiger partial charge in [-0.05, 0) is 24.6 Å². The summed E-state index contributed by atoms with van der Waals surface area (Å²) in [5.41, 5.74) is -1.08. The van der Waals surface area contributed by atoms with Crippen molar-refractivity contribution in [3.05, 3.63) is 46.3 Å². The number of hydrogen-bond acceptors (Lipinski definition) is 7. The van der Waals surface area contributed by atoms with Crippen molar-refractivity contribution in [1.82, 2.24) is 15.4 Å². The number of urea groups is 1. The predicted molar refractivity (Wildman–Crippen MR) is 110 cm³/mol. The zero-order chi connectivity index (χ0) is 23.5. The highest BCUT2D eigenvalue weighted by atomic mass is 32.2. The van der Waals surface area contributed by atoms with Gasteiger partial charge in [0.1, 0.15) is 15.8 Å². The van der Waals surface area contributed by atoms with Crippen LogP contribution < -0.4 is 20.3 Å². The predicted octanol–water partition coefficient (Wildman–Crippen LogP) is 1.57. The van der Waals surface area contributed by atoms with Crippen LogP contribution in [0.2, 0.25) is 0 Å². The second kappa shape index (κ2) is 9.48. The maximum Gasteiger partial charge on any atom is 0.406 e. The van der Waals surface area contributed by atoms with Crippen molar-refractivity contribution in [2.45, 2.75) is 10.6 Å². The Morgan fingerprint density at radius 2 is 2.00 bits per heavy atom. The van der Waals surface area contributed by atoms with Gasteiger partial charge in [-0.15, -0.1) is 11.3 Å². The smallest absolute Gasteiger partial charge is 0.406 e. The SMILES string of the molecule is COC(=O)NCCc1ccc(S(=O)(=O)NC(=O)c2cc(N3CCNC3=O)c(F)cc2F)s1. The Balaban J connectivity index is 1.75. The number of alkyl carbamates (subject to hydrolysis) is 1. The molecule has 3 N–H and O–H groups in total. The van der Waals surface area contributed by atoms with E-state index in [2.05, 4.69) is 15.4 Å². The number of benzene rings is 1. The van der Waals surface area contributed by atoms with Crippen molar-refractivity contribution >= 4 is 45.1 Å². The van der Waals surface area contributed by atoms with Gasteiger partial charge in [0, 0.05) is 30.6 Å². The first-order chi connectivity index (χ1) is 15.1. The van der Waals surface area contributed by atoms with Crippen LogP contribution in [0.15, 0.2) is 28.5 Å². The fraction of sp³-hybridized carbons (Fsp3) is 0.278. The van der Waals surface area contributed by atoms with Gasteiger partial charge in [0.15, 0.2) is 0 Å². The summed E-state index contributed by atoms with van der Waals surface area (Å²) in [6.45, 7) is 0.539. The topological polar surface area (TPSA) is 134 Å². The summed E-state index contributed by atoms with van der Waals surface area (Å²) in [6.07, 6.45) is -0.314. The molecule has 0 atom stereocenters. The molecule has 3 rings (SSSR count). The number of nitrogens with one attached hydrogen (secondary N) is 3. The molecular formula is C18H18F2N4O6S2. The van der Waals surface area contributed by atoms with E-state index < -0.39 is 45.3 Å². The van der Waals surface area contributed by atoms with Gasteiger partial charge in [-0.25, -0.2) is 31.5 Å². The standard InChI is InChI=1S/C18H18F2N4O6S2/c1-30-18(27)22-5-4-10-2-3-15(31-10)32(28,29)23-16(25)11-8-14(13(20)9-12(11)19)24-7-6-21-17(24)26/h2-3,8-9H,4-7H2,1H3,(H,21,26)(H,22,27)(H,23,25). The lowest BCUT2D eigenvalue weighted by Crippen LogP contribution is -2.32. The van der Waals surface area contributed by atoms with E-state index in [-0.39, 0.29) is 29.5 Å². The van der Waals surface area contributed by atoms with Gasteiger partial charge in [0.25, 0.3) is 15.9 Å². The second-order valence-corrected chi connectivity index (χ2v) is 9.57. The van der Waals surface area contributed by atoms with Gasteiger partial charge in [0.05, 0.1) is 18.4 Å². The highest BCUT2D eigenvalue weighted by Gasteiger charge is 2.28.